The Morgan fingerprint density at radius 3 is 2.62 bits per heavy atom. The number of hydrogen-bond donors (Lipinski definition) is 3. The Bertz CT molecular complexity index is 1200. The van der Waals surface area contributed by atoms with Gasteiger partial charge in [-0.15, -0.1) is 0 Å². The predicted octanol–water partition coefficient (Wildman–Crippen LogP) is 5.08. The van der Waals surface area contributed by atoms with Crippen LogP contribution in [-0.4, -0.2) is 27.8 Å². The molecule has 0 saturated heterocycles. The molecule has 7 heteroatoms. The summed E-state index contributed by atoms with van der Waals surface area (Å²) < 4.78 is 0. The van der Waals surface area contributed by atoms with E-state index in [0.717, 1.165) is 28.2 Å². The third-order valence-corrected chi connectivity index (χ3v) is 6.79. The molecular weight excluding hydrogens is 426 g/mol. The third-order valence-electron chi connectivity index (χ3n) is 6.79. The molecule has 2 aliphatic rings. The van der Waals surface area contributed by atoms with E-state index >= 15 is 0 Å². The van der Waals surface area contributed by atoms with E-state index in [1.807, 2.05) is 48.5 Å². The Morgan fingerprint density at radius 2 is 1.82 bits per heavy atom. The highest BCUT2D eigenvalue weighted by atomic mass is 16.2. The van der Waals surface area contributed by atoms with Crippen molar-refractivity contribution in [2.24, 2.45) is 5.92 Å². The van der Waals surface area contributed by atoms with Crippen molar-refractivity contribution in [1.82, 2.24) is 15.3 Å². The van der Waals surface area contributed by atoms with Crippen LogP contribution in [0.3, 0.4) is 0 Å². The second-order valence-corrected chi connectivity index (χ2v) is 9.20. The minimum absolute atomic E-state index is 0.0420. The summed E-state index contributed by atoms with van der Waals surface area (Å²) in [5, 5.41) is 9.31. The van der Waals surface area contributed by atoms with Crippen LogP contribution in [0, 0.1) is 5.92 Å². The lowest BCUT2D eigenvalue weighted by molar-refractivity contribution is -0.115. The molecule has 1 fully saturated rings. The first kappa shape index (κ1) is 22.1. The van der Waals surface area contributed by atoms with Crippen LogP contribution in [0.5, 0.6) is 0 Å². The maximum Gasteiger partial charge on any atom is 0.251 e. The number of nitrogens with one attached hydrogen (secondary N) is 3. The number of hydrogen-bond acceptors (Lipinski definition) is 5. The van der Waals surface area contributed by atoms with Crippen molar-refractivity contribution in [3.05, 3.63) is 65.9 Å². The van der Waals surface area contributed by atoms with Crippen LogP contribution in [0.25, 0.3) is 11.3 Å². The molecule has 2 heterocycles. The molecule has 0 bridgehead atoms. The van der Waals surface area contributed by atoms with E-state index in [-0.39, 0.29) is 24.3 Å². The number of aromatic nitrogens is 2. The average molecular weight is 456 g/mol. The van der Waals surface area contributed by atoms with E-state index in [4.69, 9.17) is 4.98 Å². The third kappa shape index (κ3) is 4.78. The summed E-state index contributed by atoms with van der Waals surface area (Å²) in [7, 11) is 0. The minimum Gasteiger partial charge on any atom is -0.349 e. The molecule has 1 aromatic heterocycles. The highest BCUT2D eigenvalue weighted by molar-refractivity contribution is 6.00. The fourth-order valence-corrected chi connectivity index (χ4v) is 4.87. The lowest BCUT2D eigenvalue weighted by Gasteiger charge is -2.28. The van der Waals surface area contributed by atoms with E-state index < -0.39 is 0 Å². The Hall–Kier alpha value is -3.74. The maximum atomic E-state index is 12.7. The Morgan fingerprint density at radius 1 is 1.06 bits per heavy atom. The summed E-state index contributed by atoms with van der Waals surface area (Å²) in [6, 6.07) is 15.1. The zero-order chi connectivity index (χ0) is 23.5. The monoisotopic (exact) mass is 455 g/mol. The molecule has 3 aromatic rings. The first-order valence-electron chi connectivity index (χ1n) is 12.0. The number of benzene rings is 2. The summed E-state index contributed by atoms with van der Waals surface area (Å²) in [4.78, 5) is 34.0. The number of anilines is 3. The van der Waals surface area contributed by atoms with Crippen molar-refractivity contribution >= 4 is 29.1 Å². The second-order valence-electron chi connectivity index (χ2n) is 9.20. The molecule has 174 valence electrons. The van der Waals surface area contributed by atoms with Crippen molar-refractivity contribution < 1.29 is 9.59 Å². The summed E-state index contributed by atoms with van der Waals surface area (Å²) in [5.74, 6) is 0.882. The molecule has 2 aromatic carbocycles. The highest BCUT2D eigenvalue weighted by Crippen LogP contribution is 2.33. The molecule has 34 heavy (non-hydrogen) atoms. The van der Waals surface area contributed by atoms with Crippen LogP contribution in [-0.2, 0) is 11.2 Å². The highest BCUT2D eigenvalue weighted by Gasteiger charge is 2.22. The molecule has 5 rings (SSSR count). The topological polar surface area (TPSA) is 96.0 Å². The lowest BCUT2D eigenvalue weighted by Crippen LogP contribution is -2.38. The summed E-state index contributed by atoms with van der Waals surface area (Å²) in [6.45, 7) is 2.11. The van der Waals surface area contributed by atoms with E-state index in [1.165, 1.54) is 32.1 Å². The fourth-order valence-electron chi connectivity index (χ4n) is 4.87. The minimum atomic E-state index is -0.0813. The molecular formula is C27H29N5O2. The number of para-hydroxylation sites is 1. The van der Waals surface area contributed by atoms with Gasteiger partial charge in [-0.3, -0.25) is 9.59 Å². The van der Waals surface area contributed by atoms with Crippen molar-refractivity contribution in [2.75, 3.05) is 10.6 Å². The smallest absolute Gasteiger partial charge is 0.251 e. The number of rotatable bonds is 5. The number of amides is 2. The molecule has 0 unspecified atom stereocenters. The Kier molecular flexibility index (Phi) is 6.25. The Balaban J connectivity index is 1.29. The average Bonchev–Trinajstić information content (AvgIpc) is 3.00. The molecule has 0 radical (unpaired) electrons. The molecule has 3 N–H and O–H groups in total. The zero-order valence-electron chi connectivity index (χ0n) is 19.3. The van der Waals surface area contributed by atoms with Gasteiger partial charge in [0.1, 0.15) is 0 Å². The molecule has 2 amide bonds. The van der Waals surface area contributed by atoms with Crippen molar-refractivity contribution in [2.45, 2.75) is 51.5 Å². The molecule has 1 saturated carbocycles. The SMILES string of the molecule is C[C@@H](NC(=O)c1ccc(Nc2ncc3c(n2)-c2ccccc2NC(=O)C3)cc1)C1CCCCC1. The van der Waals surface area contributed by atoms with Gasteiger partial charge in [-0.1, -0.05) is 37.5 Å². The zero-order valence-corrected chi connectivity index (χ0v) is 19.3. The van der Waals surface area contributed by atoms with Gasteiger partial charge in [-0.2, -0.15) is 0 Å². The van der Waals surface area contributed by atoms with Crippen LogP contribution < -0.4 is 16.0 Å². The molecule has 1 aliphatic heterocycles. The van der Waals surface area contributed by atoms with E-state index in [0.29, 0.717) is 17.4 Å². The van der Waals surface area contributed by atoms with Crippen LogP contribution in [0.15, 0.2) is 54.7 Å². The van der Waals surface area contributed by atoms with Gasteiger partial charge in [-0.25, -0.2) is 9.97 Å². The van der Waals surface area contributed by atoms with Gasteiger partial charge >= 0.3 is 0 Å². The van der Waals surface area contributed by atoms with Gasteiger partial charge in [0.05, 0.1) is 17.8 Å². The first-order chi connectivity index (χ1) is 16.6. The van der Waals surface area contributed by atoms with Crippen LogP contribution in [0.1, 0.15) is 54.9 Å². The van der Waals surface area contributed by atoms with E-state index in [2.05, 4.69) is 27.9 Å². The van der Waals surface area contributed by atoms with Gasteiger partial charge in [-0.05, 0) is 56.0 Å². The summed E-state index contributed by atoms with van der Waals surface area (Å²) in [5.41, 5.74) is 4.55. The van der Waals surface area contributed by atoms with Gasteiger partial charge in [0.25, 0.3) is 5.91 Å². The largest absolute Gasteiger partial charge is 0.349 e. The van der Waals surface area contributed by atoms with Crippen molar-refractivity contribution in [1.29, 1.82) is 0 Å². The van der Waals surface area contributed by atoms with E-state index in [1.54, 1.807) is 6.20 Å². The fraction of sp³-hybridized carbons (Fsp3) is 0.333. The van der Waals surface area contributed by atoms with Crippen molar-refractivity contribution in [3.63, 3.8) is 0 Å². The standard InChI is InChI=1S/C27H29N5O2/c1-17(18-7-3-2-4-8-18)29-26(34)19-11-13-21(14-12-19)30-27-28-16-20-15-24(33)31-23-10-6-5-9-22(23)25(20)32-27/h5-6,9-14,16-18H,2-4,7-8,15H2,1H3,(H,29,34)(H,31,33)(H,28,30,32)/t17-/m1/s1. The predicted molar refractivity (Wildman–Crippen MR) is 133 cm³/mol. The van der Waals surface area contributed by atoms with Crippen LogP contribution in [0.2, 0.25) is 0 Å². The first-order valence-corrected chi connectivity index (χ1v) is 12.0. The number of carbonyl (C=O) groups is 2. The lowest BCUT2D eigenvalue weighted by atomic mass is 9.84. The van der Waals surface area contributed by atoms with E-state index in [9.17, 15) is 9.59 Å². The van der Waals surface area contributed by atoms with Gasteiger partial charge in [0.2, 0.25) is 11.9 Å². The summed E-state index contributed by atoms with van der Waals surface area (Å²) >= 11 is 0. The van der Waals surface area contributed by atoms with Crippen LogP contribution >= 0.6 is 0 Å². The number of fused-ring (bicyclic) bond motifs is 3. The van der Waals surface area contributed by atoms with Crippen molar-refractivity contribution in [3.8, 4) is 11.3 Å². The van der Waals surface area contributed by atoms with Crippen LogP contribution in [0.4, 0.5) is 17.3 Å². The number of nitrogens with zero attached hydrogens (tertiary/aromatic N) is 2. The molecule has 7 nitrogen and oxygen atoms in total. The molecule has 1 aliphatic carbocycles. The quantitative estimate of drug-likeness (QED) is 0.499. The van der Waals surface area contributed by atoms with Gasteiger partial charge in [0.15, 0.2) is 0 Å². The number of carbonyl (C=O) groups excluding carboxylic acids is 2. The second kappa shape index (κ2) is 9.63. The maximum absolute atomic E-state index is 12.7. The van der Waals surface area contributed by atoms with Gasteiger partial charge in [0, 0.05) is 34.6 Å². The normalized spacial score (nSPS) is 16.4. The Labute approximate surface area is 199 Å². The molecule has 1 atom stereocenters. The molecule has 0 spiro atoms. The summed E-state index contributed by atoms with van der Waals surface area (Å²) in [6.07, 6.45) is 8.14. The van der Waals surface area contributed by atoms with Gasteiger partial charge < -0.3 is 16.0 Å².